The van der Waals surface area contributed by atoms with Gasteiger partial charge < -0.3 is 15.4 Å². The van der Waals surface area contributed by atoms with E-state index in [1.807, 2.05) is 51.1 Å². The number of nitrogens with one attached hydrogen (secondary N) is 2. The Labute approximate surface area is 164 Å². The van der Waals surface area contributed by atoms with Gasteiger partial charge in [-0.1, -0.05) is 17.7 Å². The van der Waals surface area contributed by atoms with Gasteiger partial charge in [-0.2, -0.15) is 0 Å². The van der Waals surface area contributed by atoms with Crippen molar-refractivity contribution in [3.63, 3.8) is 0 Å². The summed E-state index contributed by atoms with van der Waals surface area (Å²) in [5, 5.41) is 5.41. The molecule has 2 rings (SSSR count). The summed E-state index contributed by atoms with van der Waals surface area (Å²) >= 11 is 1.30. The molecule has 1 atom stereocenters. The van der Waals surface area contributed by atoms with Gasteiger partial charge in [-0.15, -0.1) is 11.8 Å². The van der Waals surface area contributed by atoms with Crippen molar-refractivity contribution in [2.24, 2.45) is 0 Å². The van der Waals surface area contributed by atoms with Gasteiger partial charge in [0.05, 0.1) is 17.6 Å². The highest BCUT2D eigenvalue weighted by molar-refractivity contribution is 8.01. The molecule has 0 saturated heterocycles. The van der Waals surface area contributed by atoms with Gasteiger partial charge in [0.15, 0.2) is 0 Å². The Balaban J connectivity index is 1.80. The molecular weight excluding hydrogens is 360 g/mol. The van der Waals surface area contributed by atoms with Crippen LogP contribution in [0.4, 0.5) is 11.4 Å². The number of aryl methyl sites for hydroxylation is 2. The van der Waals surface area contributed by atoms with Crippen LogP contribution in [0.3, 0.4) is 0 Å². The molecule has 144 valence electrons. The molecule has 0 aliphatic heterocycles. The monoisotopic (exact) mass is 386 g/mol. The number of amides is 2. The Kier molecular flexibility index (Phi) is 7.73. The fourth-order valence-electron chi connectivity index (χ4n) is 2.46. The van der Waals surface area contributed by atoms with Crippen LogP contribution in [0.15, 0.2) is 42.5 Å². The normalized spacial score (nSPS) is 11.6. The molecule has 2 aromatic carbocycles. The van der Waals surface area contributed by atoms with E-state index in [1.165, 1.54) is 11.8 Å². The lowest BCUT2D eigenvalue weighted by atomic mass is 10.1. The number of carbonyl (C=O) groups excluding carboxylic acids is 2. The van der Waals surface area contributed by atoms with Crippen LogP contribution in [0.5, 0.6) is 5.75 Å². The molecule has 0 aliphatic rings. The zero-order valence-electron chi connectivity index (χ0n) is 16.2. The van der Waals surface area contributed by atoms with E-state index in [4.69, 9.17) is 4.74 Å². The molecule has 0 bridgehead atoms. The molecule has 2 aromatic rings. The standard InChI is InChI=1S/C21H26N2O3S/c1-5-26-18-9-7-17(8-10-18)22-20(24)13-27-16(4)21(25)23-19-11-6-14(2)12-15(19)3/h6-12,16H,5,13H2,1-4H3,(H,22,24)(H,23,25)/t16-/m1/s1. The fourth-order valence-corrected chi connectivity index (χ4v) is 3.15. The van der Waals surface area contributed by atoms with Gasteiger partial charge in [0.1, 0.15) is 5.75 Å². The van der Waals surface area contributed by atoms with Crippen molar-refractivity contribution in [2.45, 2.75) is 32.9 Å². The number of benzene rings is 2. The van der Waals surface area contributed by atoms with Crippen molar-refractivity contribution in [3.8, 4) is 5.75 Å². The SMILES string of the molecule is CCOc1ccc(NC(=O)CS[C@H](C)C(=O)Nc2ccc(C)cc2C)cc1. The van der Waals surface area contributed by atoms with Crippen LogP contribution < -0.4 is 15.4 Å². The number of rotatable bonds is 8. The van der Waals surface area contributed by atoms with Crippen LogP contribution in [-0.4, -0.2) is 29.4 Å². The smallest absolute Gasteiger partial charge is 0.237 e. The molecular formula is C21H26N2O3S. The van der Waals surface area contributed by atoms with Crippen molar-refractivity contribution in [2.75, 3.05) is 23.0 Å². The van der Waals surface area contributed by atoms with Gasteiger partial charge in [0.25, 0.3) is 0 Å². The highest BCUT2D eigenvalue weighted by Crippen LogP contribution is 2.20. The Morgan fingerprint density at radius 2 is 1.78 bits per heavy atom. The van der Waals surface area contributed by atoms with Gasteiger partial charge in [0.2, 0.25) is 11.8 Å². The second kappa shape index (κ2) is 10.0. The van der Waals surface area contributed by atoms with Crippen LogP contribution in [0.2, 0.25) is 0 Å². The van der Waals surface area contributed by atoms with Crippen LogP contribution in [0, 0.1) is 13.8 Å². The topological polar surface area (TPSA) is 67.4 Å². The number of hydrogen-bond donors (Lipinski definition) is 2. The highest BCUT2D eigenvalue weighted by atomic mass is 32.2. The van der Waals surface area contributed by atoms with Gasteiger partial charge in [-0.3, -0.25) is 9.59 Å². The van der Waals surface area contributed by atoms with E-state index in [-0.39, 0.29) is 22.8 Å². The Hall–Kier alpha value is -2.47. The molecule has 0 aromatic heterocycles. The van der Waals surface area contributed by atoms with Crippen molar-refractivity contribution < 1.29 is 14.3 Å². The summed E-state index contributed by atoms with van der Waals surface area (Å²) in [6.45, 7) is 8.30. The Morgan fingerprint density at radius 1 is 1.07 bits per heavy atom. The lowest BCUT2D eigenvalue weighted by Gasteiger charge is -2.14. The fraction of sp³-hybridized carbons (Fsp3) is 0.333. The van der Waals surface area contributed by atoms with Gasteiger partial charge >= 0.3 is 0 Å². The van der Waals surface area contributed by atoms with Gasteiger partial charge in [-0.25, -0.2) is 0 Å². The molecule has 0 radical (unpaired) electrons. The third-order valence-electron chi connectivity index (χ3n) is 3.92. The Morgan fingerprint density at radius 3 is 2.41 bits per heavy atom. The summed E-state index contributed by atoms with van der Waals surface area (Å²) < 4.78 is 5.37. The second-order valence-corrected chi connectivity index (χ2v) is 7.60. The van der Waals surface area contributed by atoms with Crippen molar-refractivity contribution in [1.82, 2.24) is 0 Å². The van der Waals surface area contributed by atoms with Crippen molar-refractivity contribution >= 4 is 35.0 Å². The number of carbonyl (C=O) groups is 2. The van der Waals surface area contributed by atoms with E-state index in [0.717, 1.165) is 22.6 Å². The first-order chi connectivity index (χ1) is 12.9. The average molecular weight is 387 g/mol. The minimum absolute atomic E-state index is 0.110. The second-order valence-electron chi connectivity index (χ2n) is 6.27. The number of ether oxygens (including phenoxy) is 1. The number of thioether (sulfide) groups is 1. The summed E-state index contributed by atoms with van der Waals surface area (Å²) in [7, 11) is 0. The Bertz CT molecular complexity index is 791. The number of hydrogen-bond acceptors (Lipinski definition) is 4. The van der Waals surface area contributed by atoms with E-state index >= 15 is 0 Å². The summed E-state index contributed by atoms with van der Waals surface area (Å²) in [6.07, 6.45) is 0. The molecule has 2 N–H and O–H groups in total. The first kappa shape index (κ1) is 20.8. The zero-order valence-corrected chi connectivity index (χ0v) is 17.0. The summed E-state index contributed by atoms with van der Waals surface area (Å²) in [4.78, 5) is 24.4. The molecule has 0 aliphatic carbocycles. The maximum atomic E-state index is 12.3. The van der Waals surface area contributed by atoms with Crippen molar-refractivity contribution in [3.05, 3.63) is 53.6 Å². The van der Waals surface area contributed by atoms with Gasteiger partial charge in [0, 0.05) is 11.4 Å². The molecule has 0 spiro atoms. The minimum atomic E-state index is -0.336. The molecule has 0 heterocycles. The predicted molar refractivity (Wildman–Crippen MR) is 113 cm³/mol. The molecule has 0 unspecified atom stereocenters. The average Bonchev–Trinajstić information content (AvgIpc) is 2.63. The first-order valence-corrected chi connectivity index (χ1v) is 9.96. The van der Waals surface area contributed by atoms with E-state index in [0.29, 0.717) is 12.3 Å². The van der Waals surface area contributed by atoms with Gasteiger partial charge in [-0.05, 0) is 63.6 Å². The lowest BCUT2D eigenvalue weighted by molar-refractivity contribution is -0.115. The summed E-state index contributed by atoms with van der Waals surface area (Å²) in [6, 6.07) is 13.1. The predicted octanol–water partition coefficient (Wildman–Crippen LogP) is 4.40. The lowest BCUT2D eigenvalue weighted by Crippen LogP contribution is -2.25. The molecule has 2 amide bonds. The maximum absolute atomic E-state index is 12.3. The molecule has 27 heavy (non-hydrogen) atoms. The third kappa shape index (κ3) is 6.64. The molecule has 0 saturated carbocycles. The number of anilines is 2. The zero-order chi connectivity index (χ0) is 19.8. The van der Waals surface area contributed by atoms with E-state index in [1.54, 1.807) is 19.1 Å². The molecule has 0 fully saturated rings. The highest BCUT2D eigenvalue weighted by Gasteiger charge is 2.16. The van der Waals surface area contributed by atoms with E-state index < -0.39 is 0 Å². The van der Waals surface area contributed by atoms with Crippen LogP contribution in [0.1, 0.15) is 25.0 Å². The summed E-state index contributed by atoms with van der Waals surface area (Å²) in [5.74, 6) is 0.715. The minimum Gasteiger partial charge on any atom is -0.494 e. The summed E-state index contributed by atoms with van der Waals surface area (Å²) in [5.41, 5.74) is 3.68. The van der Waals surface area contributed by atoms with E-state index in [9.17, 15) is 9.59 Å². The van der Waals surface area contributed by atoms with Crippen LogP contribution >= 0.6 is 11.8 Å². The largest absolute Gasteiger partial charge is 0.494 e. The first-order valence-electron chi connectivity index (χ1n) is 8.91. The maximum Gasteiger partial charge on any atom is 0.237 e. The van der Waals surface area contributed by atoms with E-state index in [2.05, 4.69) is 10.6 Å². The molecule has 6 heteroatoms. The molecule has 5 nitrogen and oxygen atoms in total. The van der Waals surface area contributed by atoms with Crippen molar-refractivity contribution in [1.29, 1.82) is 0 Å². The van der Waals surface area contributed by atoms with Crippen LogP contribution in [-0.2, 0) is 9.59 Å². The third-order valence-corrected chi connectivity index (χ3v) is 5.07. The quantitative estimate of drug-likeness (QED) is 0.706. The van der Waals surface area contributed by atoms with Crippen LogP contribution in [0.25, 0.3) is 0 Å².